The van der Waals surface area contributed by atoms with Crippen molar-refractivity contribution in [2.45, 2.75) is 24.9 Å². The van der Waals surface area contributed by atoms with E-state index in [9.17, 15) is 0 Å². The van der Waals surface area contributed by atoms with E-state index in [2.05, 4.69) is 36.5 Å². The van der Waals surface area contributed by atoms with Gasteiger partial charge in [0.15, 0.2) is 0 Å². The monoisotopic (exact) mass is 271 g/mol. The zero-order valence-electron chi connectivity index (χ0n) is 11.0. The number of nitrogens with zero attached hydrogens (tertiary/aromatic N) is 2. The topological polar surface area (TPSA) is 37.8 Å². The molecule has 0 saturated carbocycles. The Morgan fingerprint density at radius 1 is 1.16 bits per heavy atom. The van der Waals surface area contributed by atoms with Crippen molar-refractivity contribution in [2.75, 3.05) is 11.9 Å². The quantitative estimate of drug-likeness (QED) is 0.926. The number of hydrogen-bond acceptors (Lipinski definition) is 4. The molecule has 0 unspecified atom stereocenters. The van der Waals surface area contributed by atoms with Gasteiger partial charge in [0.05, 0.1) is 5.69 Å². The lowest BCUT2D eigenvalue weighted by atomic mass is 10.1. The summed E-state index contributed by atoms with van der Waals surface area (Å²) in [6, 6.07) is 10.4. The second kappa shape index (κ2) is 5.61. The highest BCUT2D eigenvalue weighted by Gasteiger charge is 2.19. The first-order chi connectivity index (χ1) is 9.36. The number of hydrogen-bond donors (Lipinski definition) is 1. The Morgan fingerprint density at radius 2 is 2.00 bits per heavy atom. The molecule has 2 aromatic rings. The highest BCUT2D eigenvalue weighted by Crippen LogP contribution is 2.32. The van der Waals surface area contributed by atoms with Gasteiger partial charge in [-0.05, 0) is 12.5 Å². The maximum atomic E-state index is 4.72. The molecule has 1 aliphatic heterocycles. The van der Waals surface area contributed by atoms with Crippen molar-refractivity contribution in [3.63, 3.8) is 0 Å². The number of aromatic nitrogens is 2. The molecule has 0 amide bonds. The zero-order chi connectivity index (χ0) is 13.1. The molecule has 98 valence electrons. The summed E-state index contributed by atoms with van der Waals surface area (Å²) in [5.41, 5.74) is 3.76. The minimum atomic E-state index is 0.803. The molecule has 0 spiro atoms. The molecule has 19 heavy (non-hydrogen) atoms. The summed E-state index contributed by atoms with van der Waals surface area (Å²) in [6.07, 6.45) is 0.803. The molecular formula is C15H17N3S. The van der Waals surface area contributed by atoms with Gasteiger partial charge in [0.2, 0.25) is 0 Å². The van der Waals surface area contributed by atoms with Crippen LogP contribution in [0, 0.1) is 0 Å². The molecule has 3 nitrogen and oxygen atoms in total. The van der Waals surface area contributed by atoms with Gasteiger partial charge in [-0.1, -0.05) is 30.3 Å². The number of thioether (sulfide) groups is 1. The van der Waals surface area contributed by atoms with Gasteiger partial charge in [0, 0.05) is 30.0 Å². The number of anilines is 1. The second-order valence-electron chi connectivity index (χ2n) is 4.60. The van der Waals surface area contributed by atoms with Gasteiger partial charge in [-0.15, -0.1) is 0 Å². The number of nitrogens with one attached hydrogen (secondary N) is 1. The van der Waals surface area contributed by atoms with Gasteiger partial charge >= 0.3 is 0 Å². The van der Waals surface area contributed by atoms with Crippen LogP contribution in [-0.2, 0) is 17.9 Å². The summed E-state index contributed by atoms with van der Waals surface area (Å²) in [7, 11) is 0. The first-order valence-electron chi connectivity index (χ1n) is 6.61. The number of rotatable bonds is 4. The molecule has 1 aromatic heterocycles. The Morgan fingerprint density at radius 3 is 2.79 bits per heavy atom. The number of benzene rings is 1. The minimum Gasteiger partial charge on any atom is -0.370 e. The molecule has 0 fully saturated rings. The van der Waals surface area contributed by atoms with E-state index in [-0.39, 0.29) is 0 Å². The Kier molecular flexibility index (Phi) is 3.69. The van der Waals surface area contributed by atoms with Crippen molar-refractivity contribution < 1.29 is 0 Å². The molecule has 1 N–H and O–H groups in total. The van der Waals surface area contributed by atoms with Crippen molar-refractivity contribution in [1.82, 2.24) is 9.97 Å². The third-order valence-corrected chi connectivity index (χ3v) is 4.14. The normalized spacial score (nSPS) is 13.3. The molecular weight excluding hydrogens is 254 g/mol. The fourth-order valence-electron chi connectivity index (χ4n) is 2.27. The van der Waals surface area contributed by atoms with E-state index < -0.39 is 0 Å². The highest BCUT2D eigenvalue weighted by atomic mass is 32.2. The van der Waals surface area contributed by atoms with E-state index in [1.54, 1.807) is 0 Å². The molecule has 1 aliphatic rings. The fraction of sp³-hybridized carbons (Fsp3) is 0.333. The van der Waals surface area contributed by atoms with E-state index in [1.807, 2.05) is 17.8 Å². The molecule has 2 heterocycles. The van der Waals surface area contributed by atoms with Crippen LogP contribution in [0.3, 0.4) is 0 Å². The molecule has 4 heteroatoms. The fourth-order valence-corrected chi connectivity index (χ4v) is 3.32. The maximum absolute atomic E-state index is 4.72. The standard InChI is InChI=1S/C15H17N3S/c1-2-16-15-12-9-19-10-13(12)17-14(18-15)8-11-6-4-3-5-7-11/h3-7H,2,8-10H2,1H3,(H,16,17,18). The van der Waals surface area contributed by atoms with E-state index >= 15 is 0 Å². The lowest BCUT2D eigenvalue weighted by Crippen LogP contribution is -2.08. The lowest BCUT2D eigenvalue weighted by Gasteiger charge is -2.10. The zero-order valence-corrected chi connectivity index (χ0v) is 11.8. The van der Waals surface area contributed by atoms with Crippen LogP contribution >= 0.6 is 11.8 Å². The van der Waals surface area contributed by atoms with Crippen LogP contribution in [0.5, 0.6) is 0 Å². The van der Waals surface area contributed by atoms with Gasteiger partial charge < -0.3 is 5.32 Å². The molecule has 0 bridgehead atoms. The van der Waals surface area contributed by atoms with E-state index in [4.69, 9.17) is 9.97 Å². The van der Waals surface area contributed by atoms with Crippen LogP contribution < -0.4 is 5.32 Å². The van der Waals surface area contributed by atoms with Crippen LogP contribution in [-0.4, -0.2) is 16.5 Å². The van der Waals surface area contributed by atoms with Crippen molar-refractivity contribution in [3.8, 4) is 0 Å². The van der Waals surface area contributed by atoms with Crippen LogP contribution in [0.4, 0.5) is 5.82 Å². The Bertz CT molecular complexity index is 569. The molecule has 0 saturated heterocycles. The third-order valence-electron chi connectivity index (χ3n) is 3.17. The van der Waals surface area contributed by atoms with Crippen LogP contribution in [0.15, 0.2) is 30.3 Å². The van der Waals surface area contributed by atoms with Crippen LogP contribution in [0.25, 0.3) is 0 Å². The first-order valence-corrected chi connectivity index (χ1v) is 7.76. The molecule has 0 radical (unpaired) electrons. The summed E-state index contributed by atoms with van der Waals surface area (Å²) < 4.78 is 0. The second-order valence-corrected chi connectivity index (χ2v) is 5.58. The predicted octanol–water partition coefficient (Wildman–Crippen LogP) is 3.25. The molecule has 0 aliphatic carbocycles. The van der Waals surface area contributed by atoms with Crippen molar-refractivity contribution >= 4 is 17.6 Å². The molecule has 1 aromatic carbocycles. The summed E-state index contributed by atoms with van der Waals surface area (Å²) in [4.78, 5) is 9.41. The van der Waals surface area contributed by atoms with Crippen molar-refractivity contribution in [3.05, 3.63) is 53.0 Å². The Balaban J connectivity index is 1.92. The SMILES string of the molecule is CCNc1nc(Cc2ccccc2)nc2c1CSC2. The average Bonchev–Trinajstić information content (AvgIpc) is 2.89. The summed E-state index contributed by atoms with van der Waals surface area (Å²) in [5.74, 6) is 3.99. The largest absolute Gasteiger partial charge is 0.370 e. The maximum Gasteiger partial charge on any atom is 0.135 e. The molecule has 3 rings (SSSR count). The average molecular weight is 271 g/mol. The van der Waals surface area contributed by atoms with Gasteiger partial charge in [0.25, 0.3) is 0 Å². The van der Waals surface area contributed by atoms with Crippen molar-refractivity contribution in [1.29, 1.82) is 0 Å². The first kappa shape index (κ1) is 12.5. The molecule has 0 atom stereocenters. The Labute approximate surface area is 117 Å². The summed E-state index contributed by atoms with van der Waals surface area (Å²) in [6.45, 7) is 3.01. The van der Waals surface area contributed by atoms with E-state index in [1.165, 1.54) is 16.8 Å². The smallest absolute Gasteiger partial charge is 0.135 e. The summed E-state index contributed by atoms with van der Waals surface area (Å²) >= 11 is 1.92. The van der Waals surface area contributed by atoms with E-state index in [0.717, 1.165) is 36.1 Å². The van der Waals surface area contributed by atoms with Gasteiger partial charge in [-0.2, -0.15) is 11.8 Å². The lowest BCUT2D eigenvalue weighted by molar-refractivity contribution is 0.924. The van der Waals surface area contributed by atoms with Gasteiger partial charge in [-0.3, -0.25) is 0 Å². The third kappa shape index (κ3) is 2.73. The Hall–Kier alpha value is -1.55. The highest BCUT2D eigenvalue weighted by molar-refractivity contribution is 7.98. The van der Waals surface area contributed by atoms with Gasteiger partial charge in [0.1, 0.15) is 11.6 Å². The van der Waals surface area contributed by atoms with Crippen LogP contribution in [0.2, 0.25) is 0 Å². The van der Waals surface area contributed by atoms with Gasteiger partial charge in [-0.25, -0.2) is 9.97 Å². The van der Waals surface area contributed by atoms with Crippen LogP contribution in [0.1, 0.15) is 29.6 Å². The van der Waals surface area contributed by atoms with Crippen molar-refractivity contribution in [2.24, 2.45) is 0 Å². The predicted molar refractivity (Wildman–Crippen MR) is 80.4 cm³/mol. The number of fused-ring (bicyclic) bond motifs is 1. The summed E-state index contributed by atoms with van der Waals surface area (Å²) in [5, 5.41) is 3.37. The minimum absolute atomic E-state index is 0.803. The van der Waals surface area contributed by atoms with E-state index in [0.29, 0.717) is 0 Å².